The number of hydrogen-bond acceptors (Lipinski definition) is 2. The summed E-state index contributed by atoms with van der Waals surface area (Å²) in [5, 5.41) is 12.5. The van der Waals surface area contributed by atoms with Gasteiger partial charge >= 0.3 is 0 Å². The zero-order chi connectivity index (χ0) is 10.6. The van der Waals surface area contributed by atoms with Gasteiger partial charge in [-0.1, -0.05) is 32.0 Å². The number of nitrogens with one attached hydrogen (secondary N) is 1. The molecule has 1 atom stereocenters. The maximum Gasteiger partial charge on any atom is 0.0701 e. The Kier molecular flexibility index (Phi) is 3.96. The minimum atomic E-state index is 0.0913. The van der Waals surface area contributed by atoms with E-state index in [0.717, 1.165) is 11.3 Å². The summed E-state index contributed by atoms with van der Waals surface area (Å²) in [7, 11) is 0. The van der Waals surface area contributed by atoms with Crippen LogP contribution in [0.4, 0.5) is 5.69 Å². The number of anilines is 1. The van der Waals surface area contributed by atoms with E-state index >= 15 is 0 Å². The Bertz CT molecular complexity index is 283. The van der Waals surface area contributed by atoms with Gasteiger partial charge in [-0.2, -0.15) is 0 Å². The van der Waals surface area contributed by atoms with E-state index in [1.165, 1.54) is 0 Å². The third-order valence-electron chi connectivity index (χ3n) is 2.57. The summed E-state index contributed by atoms with van der Waals surface area (Å²) in [4.78, 5) is 0. The molecule has 0 aliphatic carbocycles. The van der Waals surface area contributed by atoms with Crippen LogP contribution in [-0.4, -0.2) is 11.1 Å². The van der Waals surface area contributed by atoms with Gasteiger partial charge in [0.2, 0.25) is 0 Å². The van der Waals surface area contributed by atoms with Crippen molar-refractivity contribution >= 4 is 5.69 Å². The fourth-order valence-corrected chi connectivity index (χ4v) is 1.21. The summed E-state index contributed by atoms with van der Waals surface area (Å²) in [6.45, 7) is 6.60. The lowest BCUT2D eigenvalue weighted by Crippen LogP contribution is -2.22. The van der Waals surface area contributed by atoms with Crippen LogP contribution in [0.3, 0.4) is 0 Å². The molecule has 0 fully saturated rings. The molecule has 0 heterocycles. The normalized spacial score (nSPS) is 12.9. The molecule has 0 aliphatic rings. The van der Waals surface area contributed by atoms with E-state index in [-0.39, 0.29) is 6.61 Å². The van der Waals surface area contributed by atoms with Gasteiger partial charge in [0.05, 0.1) is 6.61 Å². The monoisotopic (exact) mass is 193 g/mol. The molecule has 0 radical (unpaired) electrons. The lowest BCUT2D eigenvalue weighted by Gasteiger charge is -2.20. The van der Waals surface area contributed by atoms with Crippen LogP contribution < -0.4 is 5.32 Å². The maximum atomic E-state index is 9.13. The summed E-state index contributed by atoms with van der Waals surface area (Å²) in [6.07, 6.45) is 0. The van der Waals surface area contributed by atoms with Crippen molar-refractivity contribution in [2.24, 2.45) is 5.92 Å². The number of hydrogen-bond donors (Lipinski definition) is 2. The predicted molar refractivity (Wildman–Crippen MR) is 60.3 cm³/mol. The largest absolute Gasteiger partial charge is 0.392 e. The molecular formula is C12H19NO. The van der Waals surface area contributed by atoms with Crippen molar-refractivity contribution in [2.75, 3.05) is 5.32 Å². The van der Waals surface area contributed by atoms with Gasteiger partial charge in [-0.3, -0.25) is 0 Å². The topological polar surface area (TPSA) is 32.3 Å². The van der Waals surface area contributed by atoms with E-state index < -0.39 is 0 Å². The highest BCUT2D eigenvalue weighted by Crippen LogP contribution is 2.17. The number of rotatable bonds is 4. The molecule has 0 unspecified atom stereocenters. The van der Waals surface area contributed by atoms with Crippen LogP contribution in [-0.2, 0) is 6.61 Å². The van der Waals surface area contributed by atoms with Gasteiger partial charge in [0.1, 0.15) is 0 Å². The molecule has 0 bridgehead atoms. The first-order valence-electron chi connectivity index (χ1n) is 5.10. The van der Waals surface area contributed by atoms with Gasteiger partial charge in [0, 0.05) is 17.3 Å². The molecule has 2 N–H and O–H groups in total. The number of aliphatic hydroxyl groups excluding tert-OH is 1. The summed E-state index contributed by atoms with van der Waals surface area (Å²) in [5.74, 6) is 0.585. The molecule has 0 aromatic heterocycles. The molecule has 14 heavy (non-hydrogen) atoms. The quantitative estimate of drug-likeness (QED) is 0.770. The lowest BCUT2D eigenvalue weighted by molar-refractivity contribution is 0.282. The molecule has 2 nitrogen and oxygen atoms in total. The second-order valence-electron chi connectivity index (χ2n) is 3.99. The molecule has 0 spiro atoms. The van der Waals surface area contributed by atoms with Crippen molar-refractivity contribution in [2.45, 2.75) is 33.4 Å². The molecule has 0 amide bonds. The van der Waals surface area contributed by atoms with Crippen LogP contribution in [0.5, 0.6) is 0 Å². The fourth-order valence-electron chi connectivity index (χ4n) is 1.21. The van der Waals surface area contributed by atoms with E-state index in [0.29, 0.717) is 12.0 Å². The van der Waals surface area contributed by atoms with E-state index in [2.05, 4.69) is 26.1 Å². The Morgan fingerprint density at radius 1 is 1.21 bits per heavy atom. The lowest BCUT2D eigenvalue weighted by atomic mass is 10.1. The Balaban J connectivity index is 2.75. The minimum Gasteiger partial charge on any atom is -0.392 e. The molecule has 1 aromatic rings. The Morgan fingerprint density at radius 2 is 1.86 bits per heavy atom. The molecule has 2 heteroatoms. The molecule has 78 valence electrons. The van der Waals surface area contributed by atoms with Crippen LogP contribution in [0.15, 0.2) is 24.3 Å². The van der Waals surface area contributed by atoms with Crippen molar-refractivity contribution in [1.29, 1.82) is 0 Å². The van der Waals surface area contributed by atoms with Gasteiger partial charge in [-0.05, 0) is 18.9 Å². The van der Waals surface area contributed by atoms with Crippen LogP contribution in [0.1, 0.15) is 26.3 Å². The van der Waals surface area contributed by atoms with Crippen molar-refractivity contribution in [3.63, 3.8) is 0 Å². The van der Waals surface area contributed by atoms with Crippen LogP contribution in [0, 0.1) is 5.92 Å². The molecular weight excluding hydrogens is 174 g/mol. The Hall–Kier alpha value is -1.02. The van der Waals surface area contributed by atoms with Crippen LogP contribution in [0.25, 0.3) is 0 Å². The number of benzene rings is 1. The van der Waals surface area contributed by atoms with Gasteiger partial charge in [0.25, 0.3) is 0 Å². The van der Waals surface area contributed by atoms with E-state index in [9.17, 15) is 0 Å². The first-order valence-corrected chi connectivity index (χ1v) is 5.10. The molecule has 1 rings (SSSR count). The third-order valence-corrected chi connectivity index (χ3v) is 2.57. The smallest absolute Gasteiger partial charge is 0.0701 e. The molecule has 0 aliphatic heterocycles. The van der Waals surface area contributed by atoms with Crippen molar-refractivity contribution in [3.05, 3.63) is 29.8 Å². The summed E-state index contributed by atoms with van der Waals surface area (Å²) in [5.41, 5.74) is 2.00. The fraction of sp³-hybridized carbons (Fsp3) is 0.500. The molecule has 0 saturated heterocycles. The highest BCUT2D eigenvalue weighted by atomic mass is 16.3. The zero-order valence-corrected chi connectivity index (χ0v) is 9.12. The highest BCUT2D eigenvalue weighted by Gasteiger charge is 2.08. The van der Waals surface area contributed by atoms with Gasteiger partial charge in [-0.15, -0.1) is 0 Å². The second-order valence-corrected chi connectivity index (χ2v) is 3.99. The van der Waals surface area contributed by atoms with E-state index in [1.54, 1.807) is 0 Å². The first-order chi connectivity index (χ1) is 6.65. The average molecular weight is 193 g/mol. The second kappa shape index (κ2) is 5.01. The minimum absolute atomic E-state index is 0.0913. The van der Waals surface area contributed by atoms with Gasteiger partial charge in [-0.25, -0.2) is 0 Å². The maximum absolute atomic E-state index is 9.13. The zero-order valence-electron chi connectivity index (χ0n) is 9.12. The summed E-state index contributed by atoms with van der Waals surface area (Å²) in [6, 6.07) is 8.29. The first kappa shape index (κ1) is 11.1. The standard InChI is InChI=1S/C12H19NO/c1-9(2)10(3)13-12-7-5-4-6-11(12)8-14/h4-7,9-10,13-14H,8H2,1-3H3/t10-/m1/s1. The van der Waals surface area contributed by atoms with Crippen molar-refractivity contribution in [1.82, 2.24) is 0 Å². The van der Waals surface area contributed by atoms with Crippen LogP contribution >= 0.6 is 0 Å². The summed E-state index contributed by atoms with van der Waals surface area (Å²) < 4.78 is 0. The van der Waals surface area contributed by atoms with E-state index in [1.807, 2.05) is 24.3 Å². The predicted octanol–water partition coefficient (Wildman–Crippen LogP) is 2.64. The average Bonchev–Trinajstić information content (AvgIpc) is 2.18. The highest BCUT2D eigenvalue weighted by molar-refractivity contribution is 5.51. The van der Waals surface area contributed by atoms with Crippen molar-refractivity contribution < 1.29 is 5.11 Å². The molecule has 0 saturated carbocycles. The Labute approximate surface area is 86.0 Å². The van der Waals surface area contributed by atoms with Crippen molar-refractivity contribution in [3.8, 4) is 0 Å². The SMILES string of the molecule is CC(C)[C@@H](C)Nc1ccccc1CO. The van der Waals surface area contributed by atoms with Gasteiger partial charge in [0.15, 0.2) is 0 Å². The Morgan fingerprint density at radius 3 is 2.43 bits per heavy atom. The third kappa shape index (κ3) is 2.74. The van der Waals surface area contributed by atoms with E-state index in [4.69, 9.17) is 5.11 Å². The van der Waals surface area contributed by atoms with Crippen LogP contribution in [0.2, 0.25) is 0 Å². The number of para-hydroxylation sites is 1. The number of aliphatic hydroxyl groups is 1. The summed E-state index contributed by atoms with van der Waals surface area (Å²) >= 11 is 0. The molecule has 1 aromatic carbocycles. The van der Waals surface area contributed by atoms with Gasteiger partial charge < -0.3 is 10.4 Å².